The van der Waals surface area contributed by atoms with Gasteiger partial charge in [-0.2, -0.15) is 13.2 Å². The van der Waals surface area contributed by atoms with Gasteiger partial charge in [-0.05, 0) is 6.92 Å². The number of nitrogens with zero attached hydrogens (tertiary/aromatic N) is 3. The van der Waals surface area contributed by atoms with E-state index in [4.69, 9.17) is 9.47 Å². The first-order valence-corrected chi connectivity index (χ1v) is 9.02. The second-order valence-corrected chi connectivity index (χ2v) is 6.70. The Kier molecular flexibility index (Phi) is 8.46. The van der Waals surface area contributed by atoms with Crippen molar-refractivity contribution in [2.45, 2.75) is 31.3 Å². The number of rotatable bonds is 9. The van der Waals surface area contributed by atoms with E-state index in [1.54, 1.807) is 0 Å². The lowest BCUT2D eigenvalue weighted by molar-refractivity contribution is -0.144. The van der Waals surface area contributed by atoms with Crippen molar-refractivity contribution in [2.24, 2.45) is 0 Å². The molecule has 1 aliphatic heterocycles. The number of β-amino-alcohol motifs (C(OH)–C–C–N with tert-alkyl or cyclic N) is 1. The number of carbonyl (C=O) groups excluding carboxylic acids is 2. The molecular formula is C17H23F3N4O6. The summed E-state index contributed by atoms with van der Waals surface area (Å²) >= 11 is 0. The fourth-order valence-electron chi connectivity index (χ4n) is 2.70. The maximum absolute atomic E-state index is 12.8. The van der Waals surface area contributed by atoms with Crippen LogP contribution in [0, 0.1) is 0 Å². The van der Waals surface area contributed by atoms with Crippen molar-refractivity contribution in [1.29, 1.82) is 0 Å². The predicted octanol–water partition coefficient (Wildman–Crippen LogP) is -0.538. The highest BCUT2D eigenvalue weighted by Gasteiger charge is 2.38. The van der Waals surface area contributed by atoms with E-state index in [1.807, 2.05) is 0 Å². The molecule has 10 nitrogen and oxygen atoms in total. The number of hydrogen-bond donors (Lipinski definition) is 3. The van der Waals surface area contributed by atoms with Gasteiger partial charge >= 0.3 is 6.18 Å². The molecule has 30 heavy (non-hydrogen) atoms. The summed E-state index contributed by atoms with van der Waals surface area (Å²) in [6.07, 6.45) is -5.75. The monoisotopic (exact) mass is 436 g/mol. The van der Waals surface area contributed by atoms with Crippen LogP contribution in [0.3, 0.4) is 0 Å². The number of Topliss-reactive ketones (excluding diaryl/α,β-unsaturated/α-hetero) is 1. The SMILES string of the molecule is CC(=O)COCCOCC(=O)N1C[C@H](Nc2cncc(C(F)(F)F)n2)[C@@H](O)[C@@H](O)C1. The Balaban J connectivity index is 1.90. The molecule has 0 bridgehead atoms. The molecule has 1 aromatic rings. The van der Waals surface area contributed by atoms with Gasteiger partial charge in [-0.15, -0.1) is 0 Å². The van der Waals surface area contributed by atoms with E-state index in [2.05, 4.69) is 15.3 Å². The number of carbonyl (C=O) groups is 2. The summed E-state index contributed by atoms with van der Waals surface area (Å²) in [5, 5.41) is 22.8. The van der Waals surface area contributed by atoms with Crippen LogP contribution in [0.1, 0.15) is 12.6 Å². The third-order valence-corrected chi connectivity index (χ3v) is 4.14. The summed E-state index contributed by atoms with van der Waals surface area (Å²) in [5.41, 5.74) is -1.22. The summed E-state index contributed by atoms with van der Waals surface area (Å²) in [5.74, 6) is -0.889. The van der Waals surface area contributed by atoms with Crippen LogP contribution in [0.15, 0.2) is 12.4 Å². The van der Waals surface area contributed by atoms with Crippen LogP contribution >= 0.6 is 0 Å². The van der Waals surface area contributed by atoms with Crippen molar-refractivity contribution < 1.29 is 42.4 Å². The molecular weight excluding hydrogens is 413 g/mol. The number of nitrogens with one attached hydrogen (secondary N) is 1. The third kappa shape index (κ3) is 7.16. The molecule has 0 unspecified atom stereocenters. The van der Waals surface area contributed by atoms with Gasteiger partial charge in [-0.1, -0.05) is 0 Å². The summed E-state index contributed by atoms with van der Waals surface area (Å²) in [4.78, 5) is 31.1. The number of anilines is 1. The molecule has 2 heterocycles. The number of hydrogen-bond acceptors (Lipinski definition) is 9. The zero-order chi connectivity index (χ0) is 22.3. The third-order valence-electron chi connectivity index (χ3n) is 4.14. The van der Waals surface area contributed by atoms with Gasteiger partial charge < -0.3 is 29.9 Å². The number of amides is 1. The van der Waals surface area contributed by atoms with Crippen LogP contribution in [-0.4, -0.2) is 94.5 Å². The van der Waals surface area contributed by atoms with Crippen LogP contribution in [0.4, 0.5) is 19.0 Å². The van der Waals surface area contributed by atoms with Crippen LogP contribution < -0.4 is 5.32 Å². The normalized spacial score (nSPS) is 22.1. The fraction of sp³-hybridized carbons (Fsp3) is 0.647. The highest BCUT2D eigenvalue weighted by Crippen LogP contribution is 2.27. The van der Waals surface area contributed by atoms with Gasteiger partial charge in [0.1, 0.15) is 25.1 Å². The summed E-state index contributed by atoms with van der Waals surface area (Å²) < 4.78 is 48.5. The molecule has 0 radical (unpaired) electrons. The average Bonchev–Trinajstić information content (AvgIpc) is 2.67. The van der Waals surface area contributed by atoms with E-state index in [9.17, 15) is 33.0 Å². The molecule has 3 atom stereocenters. The maximum atomic E-state index is 12.8. The van der Waals surface area contributed by atoms with Crippen molar-refractivity contribution in [3.05, 3.63) is 18.1 Å². The largest absolute Gasteiger partial charge is 0.434 e. The van der Waals surface area contributed by atoms with Crippen molar-refractivity contribution in [3.63, 3.8) is 0 Å². The molecule has 13 heteroatoms. The van der Waals surface area contributed by atoms with E-state index in [0.717, 1.165) is 6.20 Å². The zero-order valence-electron chi connectivity index (χ0n) is 16.1. The van der Waals surface area contributed by atoms with Gasteiger partial charge in [-0.25, -0.2) is 4.98 Å². The van der Waals surface area contributed by atoms with Crippen molar-refractivity contribution in [1.82, 2.24) is 14.9 Å². The minimum atomic E-state index is -4.69. The molecule has 3 N–H and O–H groups in total. The molecule has 1 fully saturated rings. The highest BCUT2D eigenvalue weighted by atomic mass is 19.4. The summed E-state index contributed by atoms with van der Waals surface area (Å²) in [7, 11) is 0. The maximum Gasteiger partial charge on any atom is 0.434 e. The number of aliphatic hydroxyl groups excluding tert-OH is 2. The summed E-state index contributed by atoms with van der Waals surface area (Å²) in [6.45, 7) is 0.902. The number of aromatic nitrogens is 2. The minimum absolute atomic E-state index is 0.0563. The lowest BCUT2D eigenvalue weighted by atomic mass is 9.99. The molecule has 2 rings (SSSR count). The van der Waals surface area contributed by atoms with Gasteiger partial charge in [0.25, 0.3) is 0 Å². The van der Waals surface area contributed by atoms with Gasteiger partial charge in [0.05, 0.1) is 37.8 Å². The number of alkyl halides is 3. The Morgan fingerprint density at radius 2 is 1.87 bits per heavy atom. The first-order valence-electron chi connectivity index (χ1n) is 9.02. The van der Waals surface area contributed by atoms with Gasteiger partial charge in [-0.3, -0.25) is 14.6 Å². The van der Waals surface area contributed by atoms with E-state index in [0.29, 0.717) is 6.20 Å². The first-order chi connectivity index (χ1) is 14.1. The second kappa shape index (κ2) is 10.6. The van der Waals surface area contributed by atoms with Crippen LogP contribution in [0.25, 0.3) is 0 Å². The number of likely N-dealkylation sites (tertiary alicyclic amines) is 1. The molecule has 1 saturated heterocycles. The van der Waals surface area contributed by atoms with Crippen LogP contribution in [0.2, 0.25) is 0 Å². The average molecular weight is 436 g/mol. The minimum Gasteiger partial charge on any atom is -0.388 e. The fourth-order valence-corrected chi connectivity index (χ4v) is 2.70. The Morgan fingerprint density at radius 3 is 2.50 bits per heavy atom. The Labute approximate surface area is 170 Å². The summed E-state index contributed by atoms with van der Waals surface area (Å²) in [6, 6.07) is -0.977. The number of piperidine rings is 1. The number of ether oxygens (including phenoxy) is 2. The predicted molar refractivity (Wildman–Crippen MR) is 95.4 cm³/mol. The van der Waals surface area contributed by atoms with Gasteiger partial charge in [0.15, 0.2) is 11.5 Å². The highest BCUT2D eigenvalue weighted by molar-refractivity contribution is 5.78. The van der Waals surface area contributed by atoms with Gasteiger partial charge in [0.2, 0.25) is 5.91 Å². The Morgan fingerprint density at radius 1 is 1.20 bits per heavy atom. The van der Waals surface area contributed by atoms with Gasteiger partial charge in [0, 0.05) is 13.1 Å². The van der Waals surface area contributed by atoms with E-state index < -0.39 is 36.0 Å². The molecule has 0 saturated carbocycles. The standard InChI is InChI=1S/C17H23F3N4O6/c1-10(25)8-29-2-3-30-9-15(27)24-6-11(16(28)12(26)7-24)22-14-5-21-4-13(23-14)17(18,19)20/h4-5,11-12,16,26,28H,2-3,6-9H2,1H3,(H,22,23)/t11-,12-,16+/m0/s1. The van der Waals surface area contributed by atoms with E-state index in [-0.39, 0.29) is 51.1 Å². The zero-order valence-corrected chi connectivity index (χ0v) is 16.1. The Hall–Kier alpha value is -2.35. The topological polar surface area (TPSA) is 134 Å². The van der Waals surface area contributed by atoms with Crippen LogP contribution in [0.5, 0.6) is 0 Å². The number of halogens is 3. The lowest BCUT2D eigenvalue weighted by Crippen LogP contribution is -2.60. The number of ketones is 1. The lowest BCUT2D eigenvalue weighted by Gasteiger charge is -2.39. The molecule has 0 aromatic carbocycles. The second-order valence-electron chi connectivity index (χ2n) is 6.70. The van der Waals surface area contributed by atoms with E-state index in [1.165, 1.54) is 11.8 Å². The molecule has 1 aliphatic rings. The quantitative estimate of drug-likeness (QED) is 0.437. The van der Waals surface area contributed by atoms with Crippen molar-refractivity contribution >= 4 is 17.5 Å². The van der Waals surface area contributed by atoms with Crippen molar-refractivity contribution in [3.8, 4) is 0 Å². The van der Waals surface area contributed by atoms with Crippen molar-refractivity contribution in [2.75, 3.05) is 44.8 Å². The molecule has 1 amide bonds. The molecule has 0 aliphatic carbocycles. The smallest absolute Gasteiger partial charge is 0.388 e. The first kappa shape index (κ1) is 23.9. The van der Waals surface area contributed by atoms with E-state index >= 15 is 0 Å². The molecule has 168 valence electrons. The molecule has 0 spiro atoms. The Bertz CT molecular complexity index is 736. The number of aliphatic hydroxyl groups is 2. The molecule has 1 aromatic heterocycles. The van der Waals surface area contributed by atoms with Crippen LogP contribution in [-0.2, 0) is 25.2 Å².